The van der Waals surface area contributed by atoms with Crippen LogP contribution in [0.5, 0.6) is 5.75 Å². The van der Waals surface area contributed by atoms with Crippen molar-refractivity contribution in [1.29, 1.82) is 0 Å². The molecule has 1 rings (SSSR count). The van der Waals surface area contributed by atoms with Gasteiger partial charge in [0, 0.05) is 19.0 Å². The van der Waals surface area contributed by atoms with Gasteiger partial charge in [-0.3, -0.25) is 4.79 Å². The summed E-state index contributed by atoms with van der Waals surface area (Å²) in [6.45, 7) is 6.30. The Morgan fingerprint density at radius 1 is 1.44 bits per heavy atom. The fourth-order valence-corrected chi connectivity index (χ4v) is 1.49. The van der Waals surface area contributed by atoms with E-state index in [1.54, 1.807) is 7.11 Å². The molecule has 3 nitrogen and oxygen atoms in total. The lowest BCUT2D eigenvalue weighted by molar-refractivity contribution is -0.119. The summed E-state index contributed by atoms with van der Waals surface area (Å²) in [6, 6.07) is 6.11. The number of amides is 1. The molecule has 1 amide bonds. The molecule has 3 heteroatoms. The van der Waals surface area contributed by atoms with E-state index < -0.39 is 0 Å². The van der Waals surface area contributed by atoms with E-state index in [4.69, 9.17) is 4.74 Å². The van der Waals surface area contributed by atoms with Crippen molar-refractivity contribution in [3.05, 3.63) is 29.3 Å². The molecule has 0 heterocycles. The second-order valence-corrected chi connectivity index (χ2v) is 4.14. The fraction of sp³-hybridized carbons (Fsp3) is 0.462. The van der Waals surface area contributed by atoms with Gasteiger partial charge in [0.25, 0.3) is 0 Å². The van der Waals surface area contributed by atoms with Crippen molar-refractivity contribution in [3.63, 3.8) is 0 Å². The van der Waals surface area contributed by atoms with Gasteiger partial charge in [-0.2, -0.15) is 0 Å². The van der Waals surface area contributed by atoms with Crippen LogP contribution in [0.4, 0.5) is 0 Å². The smallest absolute Gasteiger partial charge is 0.217 e. The molecule has 0 atom stereocenters. The van der Waals surface area contributed by atoms with Crippen molar-refractivity contribution >= 4 is 5.91 Å². The molecule has 0 aliphatic heterocycles. The van der Waals surface area contributed by atoms with Crippen molar-refractivity contribution in [1.82, 2.24) is 5.32 Å². The van der Waals surface area contributed by atoms with Gasteiger partial charge in [0.1, 0.15) is 5.75 Å². The molecule has 0 aliphatic carbocycles. The van der Waals surface area contributed by atoms with Crippen LogP contribution < -0.4 is 10.1 Å². The third-order valence-electron chi connectivity index (χ3n) is 2.51. The van der Waals surface area contributed by atoms with Gasteiger partial charge in [0.05, 0.1) is 7.11 Å². The quantitative estimate of drug-likeness (QED) is 0.848. The summed E-state index contributed by atoms with van der Waals surface area (Å²) in [7, 11) is 1.65. The number of ether oxygens (including phenoxy) is 1. The zero-order valence-corrected chi connectivity index (χ0v) is 10.3. The third kappa shape index (κ3) is 3.26. The minimum atomic E-state index is -0.0324. The molecule has 0 unspecified atom stereocenters. The van der Waals surface area contributed by atoms with Crippen molar-refractivity contribution in [2.24, 2.45) is 0 Å². The maximum absolute atomic E-state index is 10.8. The Hall–Kier alpha value is -1.51. The number of carbonyl (C=O) groups is 1. The summed E-state index contributed by atoms with van der Waals surface area (Å²) < 4.78 is 5.32. The Morgan fingerprint density at radius 3 is 2.62 bits per heavy atom. The average Bonchev–Trinajstić information content (AvgIpc) is 2.25. The van der Waals surface area contributed by atoms with Gasteiger partial charge < -0.3 is 10.1 Å². The number of methoxy groups -OCH3 is 1. The SMILES string of the molecule is COc1cc(C(C)C)ccc1CNC(C)=O. The number of nitrogens with one attached hydrogen (secondary N) is 1. The van der Waals surface area contributed by atoms with E-state index in [1.165, 1.54) is 12.5 Å². The van der Waals surface area contributed by atoms with Gasteiger partial charge in [-0.1, -0.05) is 26.0 Å². The highest BCUT2D eigenvalue weighted by molar-refractivity contribution is 5.72. The van der Waals surface area contributed by atoms with Crippen LogP contribution in [0, 0.1) is 0 Å². The topological polar surface area (TPSA) is 38.3 Å². The highest BCUT2D eigenvalue weighted by Gasteiger charge is 2.06. The Kier molecular flexibility index (Phi) is 4.35. The van der Waals surface area contributed by atoms with Gasteiger partial charge in [0.2, 0.25) is 5.91 Å². The van der Waals surface area contributed by atoms with Gasteiger partial charge in [-0.05, 0) is 17.5 Å². The largest absolute Gasteiger partial charge is 0.496 e. The van der Waals surface area contributed by atoms with Crippen LogP contribution in [0.15, 0.2) is 18.2 Å². The Morgan fingerprint density at radius 2 is 2.12 bits per heavy atom. The number of hydrogen-bond donors (Lipinski definition) is 1. The van der Waals surface area contributed by atoms with Crippen LogP contribution >= 0.6 is 0 Å². The van der Waals surface area contributed by atoms with E-state index in [-0.39, 0.29) is 5.91 Å². The first-order chi connectivity index (χ1) is 7.54. The number of rotatable bonds is 4. The molecule has 0 aromatic heterocycles. The van der Waals surface area contributed by atoms with E-state index in [2.05, 4.69) is 25.2 Å². The minimum absolute atomic E-state index is 0.0324. The number of hydrogen-bond acceptors (Lipinski definition) is 2. The second-order valence-electron chi connectivity index (χ2n) is 4.14. The third-order valence-corrected chi connectivity index (χ3v) is 2.51. The van der Waals surface area contributed by atoms with Gasteiger partial charge in [-0.25, -0.2) is 0 Å². The van der Waals surface area contributed by atoms with Crippen molar-refractivity contribution in [3.8, 4) is 5.75 Å². The Balaban J connectivity index is 2.88. The molecule has 0 fully saturated rings. The molecule has 0 aliphatic rings. The first kappa shape index (κ1) is 12.6. The maximum atomic E-state index is 10.8. The number of carbonyl (C=O) groups excluding carboxylic acids is 1. The summed E-state index contributed by atoms with van der Waals surface area (Å²) in [5, 5.41) is 2.77. The highest BCUT2D eigenvalue weighted by atomic mass is 16.5. The molecule has 1 aromatic carbocycles. The first-order valence-electron chi connectivity index (χ1n) is 5.46. The van der Waals surface area contributed by atoms with Crippen molar-refractivity contribution < 1.29 is 9.53 Å². The summed E-state index contributed by atoms with van der Waals surface area (Å²) in [5.41, 5.74) is 2.24. The van der Waals surface area contributed by atoms with Crippen LogP contribution in [0.1, 0.15) is 37.8 Å². The van der Waals surface area contributed by atoms with Crippen molar-refractivity contribution in [2.75, 3.05) is 7.11 Å². The second kappa shape index (κ2) is 5.54. The normalized spacial score (nSPS) is 10.3. The van der Waals surface area contributed by atoms with Crippen LogP contribution in [0.25, 0.3) is 0 Å². The molecule has 0 radical (unpaired) electrons. The maximum Gasteiger partial charge on any atom is 0.217 e. The highest BCUT2D eigenvalue weighted by Crippen LogP contribution is 2.24. The lowest BCUT2D eigenvalue weighted by atomic mass is 10.0. The average molecular weight is 221 g/mol. The molecule has 1 N–H and O–H groups in total. The van der Waals surface area contributed by atoms with Crippen LogP contribution in [0.3, 0.4) is 0 Å². The molecule has 1 aromatic rings. The van der Waals surface area contributed by atoms with Crippen LogP contribution in [-0.4, -0.2) is 13.0 Å². The fourth-order valence-electron chi connectivity index (χ4n) is 1.49. The van der Waals surface area contributed by atoms with E-state index in [1.807, 2.05) is 12.1 Å². The predicted molar refractivity (Wildman–Crippen MR) is 64.6 cm³/mol. The molecule has 0 saturated carbocycles. The summed E-state index contributed by atoms with van der Waals surface area (Å²) in [5.74, 6) is 1.28. The standard InChI is InChI=1S/C13H19NO2/c1-9(2)11-5-6-12(8-14-10(3)15)13(7-11)16-4/h5-7,9H,8H2,1-4H3,(H,14,15). The first-order valence-corrected chi connectivity index (χ1v) is 5.46. The van der Waals surface area contributed by atoms with Gasteiger partial charge in [0.15, 0.2) is 0 Å². The minimum Gasteiger partial charge on any atom is -0.496 e. The lowest BCUT2D eigenvalue weighted by Crippen LogP contribution is -2.19. The zero-order chi connectivity index (χ0) is 12.1. The molecule has 0 bridgehead atoms. The summed E-state index contributed by atoms with van der Waals surface area (Å²) in [4.78, 5) is 10.8. The van der Waals surface area contributed by atoms with Gasteiger partial charge >= 0.3 is 0 Å². The molecular formula is C13H19NO2. The van der Waals surface area contributed by atoms with Crippen molar-refractivity contribution in [2.45, 2.75) is 33.2 Å². The molecule has 0 saturated heterocycles. The molecular weight excluding hydrogens is 202 g/mol. The summed E-state index contributed by atoms with van der Waals surface area (Å²) in [6.07, 6.45) is 0. The lowest BCUT2D eigenvalue weighted by Gasteiger charge is -2.12. The van der Waals surface area contributed by atoms with E-state index in [0.717, 1.165) is 11.3 Å². The Labute approximate surface area is 96.8 Å². The van der Waals surface area contributed by atoms with E-state index in [0.29, 0.717) is 12.5 Å². The van der Waals surface area contributed by atoms with Crippen LogP contribution in [0.2, 0.25) is 0 Å². The monoisotopic (exact) mass is 221 g/mol. The Bertz CT molecular complexity index is 372. The van der Waals surface area contributed by atoms with Crippen LogP contribution in [-0.2, 0) is 11.3 Å². The number of benzene rings is 1. The molecule has 88 valence electrons. The summed E-state index contributed by atoms with van der Waals surface area (Å²) >= 11 is 0. The molecule has 0 spiro atoms. The zero-order valence-electron chi connectivity index (χ0n) is 10.3. The molecule has 16 heavy (non-hydrogen) atoms. The van der Waals surface area contributed by atoms with Gasteiger partial charge in [-0.15, -0.1) is 0 Å². The van der Waals surface area contributed by atoms with E-state index >= 15 is 0 Å². The predicted octanol–water partition coefficient (Wildman–Crippen LogP) is 2.45. The van der Waals surface area contributed by atoms with E-state index in [9.17, 15) is 4.79 Å².